The summed E-state index contributed by atoms with van der Waals surface area (Å²) in [4.78, 5) is 29.7. The SMILES string of the molecule is CCN1CCCCN(C(=O)CCOC)[C@@H](CC(C)C)COc2ccccc2C1=O. The maximum atomic E-state index is 13.0. The van der Waals surface area contributed by atoms with Crippen LogP contribution in [0.5, 0.6) is 5.75 Å². The van der Waals surface area contributed by atoms with Gasteiger partial charge in [-0.2, -0.15) is 0 Å². The van der Waals surface area contributed by atoms with Gasteiger partial charge in [-0.05, 0) is 44.2 Å². The van der Waals surface area contributed by atoms with Gasteiger partial charge in [0.25, 0.3) is 5.91 Å². The summed E-state index contributed by atoms with van der Waals surface area (Å²) in [5, 5.41) is 0. The number of benzene rings is 1. The molecule has 0 radical (unpaired) electrons. The molecule has 0 fully saturated rings. The zero-order valence-corrected chi connectivity index (χ0v) is 18.4. The molecule has 1 heterocycles. The van der Waals surface area contributed by atoms with Crippen LogP contribution in [-0.4, -0.2) is 67.6 Å². The van der Waals surface area contributed by atoms with Crippen molar-refractivity contribution in [1.29, 1.82) is 0 Å². The van der Waals surface area contributed by atoms with Gasteiger partial charge in [0.05, 0.1) is 24.6 Å². The van der Waals surface area contributed by atoms with E-state index in [-0.39, 0.29) is 17.9 Å². The van der Waals surface area contributed by atoms with E-state index in [1.54, 1.807) is 7.11 Å². The first-order valence-electron chi connectivity index (χ1n) is 10.8. The van der Waals surface area contributed by atoms with Gasteiger partial charge in [-0.15, -0.1) is 0 Å². The van der Waals surface area contributed by atoms with Crippen molar-refractivity contribution >= 4 is 11.8 Å². The minimum Gasteiger partial charge on any atom is -0.491 e. The topological polar surface area (TPSA) is 59.1 Å². The second kappa shape index (κ2) is 11.8. The number of para-hydroxylation sites is 1. The van der Waals surface area contributed by atoms with E-state index < -0.39 is 0 Å². The molecule has 1 aliphatic heterocycles. The van der Waals surface area contributed by atoms with Crippen LogP contribution in [0.3, 0.4) is 0 Å². The molecule has 2 rings (SSSR count). The Hall–Kier alpha value is -2.08. The van der Waals surface area contributed by atoms with Crippen LogP contribution in [0, 0.1) is 5.92 Å². The van der Waals surface area contributed by atoms with Crippen LogP contribution < -0.4 is 4.74 Å². The summed E-state index contributed by atoms with van der Waals surface area (Å²) in [5.41, 5.74) is 0.593. The third kappa shape index (κ3) is 6.74. The molecule has 0 saturated carbocycles. The number of hydrogen-bond acceptors (Lipinski definition) is 4. The van der Waals surface area contributed by atoms with Gasteiger partial charge in [-0.25, -0.2) is 0 Å². The fourth-order valence-corrected chi connectivity index (χ4v) is 3.79. The van der Waals surface area contributed by atoms with Crippen LogP contribution >= 0.6 is 0 Å². The quantitative estimate of drug-likeness (QED) is 0.727. The number of methoxy groups -OCH3 is 1. The van der Waals surface area contributed by atoms with E-state index in [0.29, 0.717) is 56.5 Å². The zero-order chi connectivity index (χ0) is 21.2. The lowest BCUT2D eigenvalue weighted by Gasteiger charge is -2.34. The molecular formula is C23H36N2O4. The van der Waals surface area contributed by atoms with Gasteiger partial charge < -0.3 is 19.3 Å². The fraction of sp³-hybridized carbons (Fsp3) is 0.652. The highest BCUT2D eigenvalue weighted by molar-refractivity contribution is 5.96. The lowest BCUT2D eigenvalue weighted by atomic mass is 10.0. The fourth-order valence-electron chi connectivity index (χ4n) is 3.79. The standard InChI is InChI=1S/C23H36N2O4/c1-5-24-13-8-9-14-25(22(26)12-15-28-4)19(16-18(2)3)17-29-21-11-7-6-10-20(21)23(24)27/h6-7,10-11,18-19H,5,8-9,12-17H2,1-4H3/t19-/m0/s1. The molecule has 162 valence electrons. The number of ether oxygens (including phenoxy) is 2. The summed E-state index contributed by atoms with van der Waals surface area (Å²) in [5.74, 6) is 1.14. The summed E-state index contributed by atoms with van der Waals surface area (Å²) in [6.45, 7) is 9.12. The van der Waals surface area contributed by atoms with Gasteiger partial charge in [-0.3, -0.25) is 9.59 Å². The molecule has 1 aliphatic rings. The Labute approximate surface area is 175 Å². The lowest BCUT2D eigenvalue weighted by molar-refractivity contribution is -0.135. The van der Waals surface area contributed by atoms with Crippen molar-refractivity contribution in [2.45, 2.75) is 52.5 Å². The number of carbonyl (C=O) groups is 2. The number of nitrogens with zero attached hydrogens (tertiary/aromatic N) is 2. The number of hydrogen-bond donors (Lipinski definition) is 0. The molecule has 6 heteroatoms. The molecule has 0 saturated heterocycles. The van der Waals surface area contributed by atoms with Gasteiger partial charge in [0, 0.05) is 26.7 Å². The molecule has 0 aromatic heterocycles. The number of fused-ring (bicyclic) bond motifs is 1. The molecule has 0 aliphatic carbocycles. The molecule has 0 unspecified atom stereocenters. The van der Waals surface area contributed by atoms with E-state index in [4.69, 9.17) is 9.47 Å². The van der Waals surface area contributed by atoms with Crippen LogP contribution in [0.4, 0.5) is 0 Å². The van der Waals surface area contributed by atoms with Crippen LogP contribution in [-0.2, 0) is 9.53 Å². The van der Waals surface area contributed by atoms with E-state index in [2.05, 4.69) is 13.8 Å². The molecule has 29 heavy (non-hydrogen) atoms. The Bertz CT molecular complexity index is 662. The van der Waals surface area contributed by atoms with E-state index in [1.165, 1.54) is 0 Å². The van der Waals surface area contributed by atoms with Crippen LogP contribution in [0.2, 0.25) is 0 Å². The molecule has 1 atom stereocenters. The Morgan fingerprint density at radius 3 is 2.66 bits per heavy atom. The first-order chi connectivity index (χ1) is 14.0. The van der Waals surface area contributed by atoms with Crippen molar-refractivity contribution in [3.63, 3.8) is 0 Å². The van der Waals surface area contributed by atoms with Crippen LogP contribution in [0.1, 0.15) is 56.8 Å². The molecule has 1 aromatic rings. The van der Waals surface area contributed by atoms with E-state index in [9.17, 15) is 9.59 Å². The predicted molar refractivity (Wildman–Crippen MR) is 114 cm³/mol. The highest BCUT2D eigenvalue weighted by Crippen LogP contribution is 2.23. The highest BCUT2D eigenvalue weighted by atomic mass is 16.5. The second-order valence-corrected chi connectivity index (χ2v) is 8.01. The third-order valence-corrected chi connectivity index (χ3v) is 5.32. The summed E-state index contributed by atoms with van der Waals surface area (Å²) in [7, 11) is 1.62. The molecule has 0 N–H and O–H groups in total. The average Bonchev–Trinajstić information content (AvgIpc) is 2.71. The van der Waals surface area contributed by atoms with E-state index in [0.717, 1.165) is 19.3 Å². The maximum Gasteiger partial charge on any atom is 0.257 e. The van der Waals surface area contributed by atoms with Gasteiger partial charge in [0.15, 0.2) is 0 Å². The van der Waals surface area contributed by atoms with Gasteiger partial charge >= 0.3 is 0 Å². The maximum absolute atomic E-state index is 13.0. The Balaban J connectivity index is 2.31. The first-order valence-corrected chi connectivity index (χ1v) is 10.8. The van der Waals surface area contributed by atoms with E-state index in [1.807, 2.05) is 41.0 Å². The third-order valence-electron chi connectivity index (χ3n) is 5.32. The van der Waals surface area contributed by atoms with Crippen molar-refractivity contribution < 1.29 is 19.1 Å². The van der Waals surface area contributed by atoms with Crippen molar-refractivity contribution in [2.75, 3.05) is 40.0 Å². The molecule has 1 aromatic carbocycles. The number of carbonyl (C=O) groups excluding carboxylic acids is 2. The summed E-state index contributed by atoms with van der Waals surface area (Å²) < 4.78 is 11.3. The van der Waals surface area contributed by atoms with Gasteiger partial charge in [-0.1, -0.05) is 26.0 Å². The van der Waals surface area contributed by atoms with Crippen molar-refractivity contribution in [3.8, 4) is 5.75 Å². The van der Waals surface area contributed by atoms with E-state index >= 15 is 0 Å². The van der Waals surface area contributed by atoms with Crippen molar-refractivity contribution in [2.24, 2.45) is 5.92 Å². The molecule has 0 spiro atoms. The normalized spacial score (nSPS) is 18.7. The van der Waals surface area contributed by atoms with Crippen LogP contribution in [0.15, 0.2) is 24.3 Å². The first kappa shape index (κ1) is 23.2. The molecule has 0 bridgehead atoms. The Morgan fingerprint density at radius 1 is 1.24 bits per heavy atom. The molecule has 6 nitrogen and oxygen atoms in total. The summed E-state index contributed by atoms with van der Waals surface area (Å²) in [6, 6.07) is 7.39. The minimum atomic E-state index is -0.0239. The smallest absolute Gasteiger partial charge is 0.257 e. The molecular weight excluding hydrogens is 368 g/mol. The average molecular weight is 405 g/mol. The Morgan fingerprint density at radius 2 is 1.97 bits per heavy atom. The minimum absolute atomic E-state index is 0.0112. The lowest BCUT2D eigenvalue weighted by Crippen LogP contribution is -2.46. The van der Waals surface area contributed by atoms with Gasteiger partial charge in [0.1, 0.15) is 12.4 Å². The second-order valence-electron chi connectivity index (χ2n) is 8.01. The van der Waals surface area contributed by atoms with Crippen LogP contribution in [0.25, 0.3) is 0 Å². The molecule has 2 amide bonds. The highest BCUT2D eigenvalue weighted by Gasteiger charge is 2.27. The predicted octanol–water partition coefficient (Wildman–Crippen LogP) is 3.60. The Kier molecular flexibility index (Phi) is 9.45. The largest absolute Gasteiger partial charge is 0.491 e. The number of rotatable bonds is 6. The number of amides is 2. The summed E-state index contributed by atoms with van der Waals surface area (Å²) >= 11 is 0. The van der Waals surface area contributed by atoms with Crippen molar-refractivity contribution in [3.05, 3.63) is 29.8 Å². The summed E-state index contributed by atoms with van der Waals surface area (Å²) in [6.07, 6.45) is 2.96. The van der Waals surface area contributed by atoms with Crippen molar-refractivity contribution in [1.82, 2.24) is 9.80 Å². The zero-order valence-electron chi connectivity index (χ0n) is 18.4. The monoisotopic (exact) mass is 404 g/mol. The van der Waals surface area contributed by atoms with Gasteiger partial charge in [0.2, 0.25) is 5.91 Å².